The summed E-state index contributed by atoms with van der Waals surface area (Å²) < 4.78 is 0. The summed E-state index contributed by atoms with van der Waals surface area (Å²) in [5.41, 5.74) is 1.53. The van der Waals surface area contributed by atoms with Crippen LogP contribution >= 0.6 is 11.6 Å². The lowest BCUT2D eigenvalue weighted by atomic mass is 10.00. The number of hydrogen-bond donors (Lipinski definition) is 2. The van der Waals surface area contributed by atoms with E-state index in [0.717, 1.165) is 24.8 Å². The summed E-state index contributed by atoms with van der Waals surface area (Å²) in [5, 5.41) is 12.5. The highest BCUT2D eigenvalue weighted by molar-refractivity contribution is 6.31. The molecule has 2 N–H and O–H groups in total. The highest BCUT2D eigenvalue weighted by atomic mass is 35.5. The number of hydrogen-bond acceptors (Lipinski definition) is 2. The van der Waals surface area contributed by atoms with Gasteiger partial charge in [0.2, 0.25) is 0 Å². The first-order valence-electron chi connectivity index (χ1n) is 6.73. The Morgan fingerprint density at radius 1 is 1.42 bits per heavy atom. The third-order valence-electron chi connectivity index (χ3n) is 3.23. The van der Waals surface area contributed by atoms with Gasteiger partial charge in [0.1, 0.15) is 0 Å². The fourth-order valence-electron chi connectivity index (χ4n) is 2.11. The van der Waals surface area contributed by atoms with Crippen LogP contribution in [0, 0.1) is 12.8 Å². The maximum atomic E-state index is 12.1. The van der Waals surface area contributed by atoms with E-state index in [1.807, 2.05) is 13.0 Å². The monoisotopic (exact) mass is 283 g/mol. The van der Waals surface area contributed by atoms with Crippen LogP contribution in [0.1, 0.15) is 42.1 Å². The summed E-state index contributed by atoms with van der Waals surface area (Å²) >= 11 is 5.91. The van der Waals surface area contributed by atoms with Gasteiger partial charge in [-0.1, -0.05) is 31.0 Å². The summed E-state index contributed by atoms with van der Waals surface area (Å²) in [6.45, 7) is 4.76. The molecule has 0 aliphatic rings. The van der Waals surface area contributed by atoms with E-state index >= 15 is 0 Å². The van der Waals surface area contributed by atoms with Crippen LogP contribution < -0.4 is 5.32 Å². The molecule has 0 fully saturated rings. The molecular weight excluding hydrogens is 262 g/mol. The van der Waals surface area contributed by atoms with E-state index in [-0.39, 0.29) is 12.5 Å². The standard InChI is InChI=1S/C15H22ClNO2/c1-3-4-12(7-8-18)10-17-15(19)14-9-13(16)6-5-11(14)2/h5-6,9,12,18H,3-4,7-8,10H2,1-2H3,(H,17,19). The van der Waals surface area contributed by atoms with E-state index in [2.05, 4.69) is 12.2 Å². The molecule has 0 bridgehead atoms. The molecule has 0 aromatic heterocycles. The van der Waals surface area contributed by atoms with Crippen LogP contribution in [-0.4, -0.2) is 24.2 Å². The molecule has 19 heavy (non-hydrogen) atoms. The topological polar surface area (TPSA) is 49.3 Å². The maximum absolute atomic E-state index is 12.1. The fourth-order valence-corrected chi connectivity index (χ4v) is 2.28. The van der Waals surface area contributed by atoms with E-state index in [9.17, 15) is 4.79 Å². The number of halogens is 1. The van der Waals surface area contributed by atoms with E-state index < -0.39 is 0 Å². The van der Waals surface area contributed by atoms with E-state index in [1.54, 1.807) is 12.1 Å². The van der Waals surface area contributed by atoms with Crippen molar-refractivity contribution in [3.05, 3.63) is 34.3 Å². The zero-order chi connectivity index (χ0) is 14.3. The predicted molar refractivity (Wildman–Crippen MR) is 78.6 cm³/mol. The van der Waals surface area contributed by atoms with Gasteiger partial charge in [0.15, 0.2) is 0 Å². The van der Waals surface area contributed by atoms with Crippen molar-refractivity contribution < 1.29 is 9.90 Å². The summed E-state index contributed by atoms with van der Waals surface area (Å²) in [4.78, 5) is 12.1. The SMILES string of the molecule is CCCC(CCO)CNC(=O)c1cc(Cl)ccc1C. The number of benzene rings is 1. The first-order chi connectivity index (χ1) is 9.08. The van der Waals surface area contributed by atoms with Gasteiger partial charge in [0.05, 0.1) is 0 Å². The number of rotatable bonds is 7. The minimum absolute atomic E-state index is 0.0981. The Morgan fingerprint density at radius 3 is 2.79 bits per heavy atom. The Hall–Kier alpha value is -1.06. The van der Waals surface area contributed by atoms with E-state index in [1.165, 1.54) is 0 Å². The summed E-state index contributed by atoms with van der Waals surface area (Å²) in [6.07, 6.45) is 2.79. The number of aryl methyl sites for hydroxylation is 1. The van der Waals surface area contributed by atoms with Crippen molar-refractivity contribution in [3.8, 4) is 0 Å². The average Bonchev–Trinajstić information content (AvgIpc) is 2.39. The number of carbonyl (C=O) groups excluding carboxylic acids is 1. The average molecular weight is 284 g/mol. The number of amides is 1. The number of nitrogens with one attached hydrogen (secondary N) is 1. The maximum Gasteiger partial charge on any atom is 0.251 e. The molecule has 4 heteroatoms. The quantitative estimate of drug-likeness (QED) is 0.807. The van der Waals surface area contributed by atoms with Gasteiger partial charge in [-0.25, -0.2) is 0 Å². The molecule has 1 aromatic carbocycles. The van der Waals surface area contributed by atoms with Crippen LogP contribution in [0.3, 0.4) is 0 Å². The molecule has 1 aromatic rings. The Balaban J connectivity index is 2.61. The molecule has 0 aliphatic carbocycles. The Kier molecular flexibility index (Phi) is 6.89. The van der Waals surface area contributed by atoms with E-state index in [0.29, 0.717) is 23.0 Å². The second-order valence-corrected chi connectivity index (χ2v) is 5.27. The van der Waals surface area contributed by atoms with Crippen molar-refractivity contribution in [1.82, 2.24) is 5.32 Å². The van der Waals surface area contributed by atoms with Gasteiger partial charge < -0.3 is 10.4 Å². The van der Waals surface area contributed by atoms with Crippen LogP contribution in [0.5, 0.6) is 0 Å². The van der Waals surface area contributed by atoms with Crippen LogP contribution in [0.2, 0.25) is 5.02 Å². The van der Waals surface area contributed by atoms with Crippen molar-refractivity contribution in [2.75, 3.05) is 13.2 Å². The Labute approximate surface area is 120 Å². The Morgan fingerprint density at radius 2 is 2.16 bits per heavy atom. The van der Waals surface area contributed by atoms with Crippen LogP contribution in [0.15, 0.2) is 18.2 Å². The lowest BCUT2D eigenvalue weighted by Gasteiger charge is -2.16. The molecule has 0 saturated heterocycles. The third kappa shape index (κ3) is 5.21. The number of carbonyl (C=O) groups is 1. The van der Waals surface area contributed by atoms with Gasteiger partial charge in [0, 0.05) is 23.7 Å². The van der Waals surface area contributed by atoms with Gasteiger partial charge in [-0.3, -0.25) is 4.79 Å². The van der Waals surface area contributed by atoms with Crippen molar-refractivity contribution in [1.29, 1.82) is 0 Å². The molecule has 1 rings (SSSR count). The summed E-state index contributed by atoms with van der Waals surface area (Å²) in [5.74, 6) is 0.234. The van der Waals surface area contributed by atoms with Gasteiger partial charge in [-0.2, -0.15) is 0 Å². The summed E-state index contributed by atoms with van der Waals surface area (Å²) in [7, 11) is 0. The Bertz CT molecular complexity index is 415. The highest BCUT2D eigenvalue weighted by Gasteiger charge is 2.12. The van der Waals surface area contributed by atoms with Crippen molar-refractivity contribution >= 4 is 17.5 Å². The minimum Gasteiger partial charge on any atom is -0.396 e. The molecule has 106 valence electrons. The zero-order valence-corrected chi connectivity index (χ0v) is 12.3. The zero-order valence-electron chi connectivity index (χ0n) is 11.6. The van der Waals surface area contributed by atoms with Crippen molar-refractivity contribution in [3.63, 3.8) is 0 Å². The molecule has 1 amide bonds. The van der Waals surface area contributed by atoms with Crippen LogP contribution in [0.4, 0.5) is 0 Å². The van der Waals surface area contributed by atoms with Crippen molar-refractivity contribution in [2.45, 2.75) is 33.1 Å². The van der Waals surface area contributed by atoms with Gasteiger partial charge >= 0.3 is 0 Å². The number of aliphatic hydroxyl groups excluding tert-OH is 1. The molecule has 0 saturated carbocycles. The first kappa shape index (κ1) is 16.0. The molecule has 1 unspecified atom stereocenters. The second-order valence-electron chi connectivity index (χ2n) is 4.84. The number of aliphatic hydroxyl groups is 1. The fraction of sp³-hybridized carbons (Fsp3) is 0.533. The smallest absolute Gasteiger partial charge is 0.251 e. The molecular formula is C15H22ClNO2. The molecule has 0 spiro atoms. The minimum atomic E-state index is -0.0981. The van der Waals surface area contributed by atoms with Crippen molar-refractivity contribution in [2.24, 2.45) is 5.92 Å². The molecule has 0 aliphatic heterocycles. The van der Waals surface area contributed by atoms with Crippen LogP contribution in [0.25, 0.3) is 0 Å². The first-order valence-corrected chi connectivity index (χ1v) is 7.11. The largest absolute Gasteiger partial charge is 0.396 e. The molecule has 0 radical (unpaired) electrons. The predicted octanol–water partition coefficient (Wildman–Crippen LogP) is 3.18. The van der Waals surface area contributed by atoms with Gasteiger partial charge in [0.25, 0.3) is 5.91 Å². The molecule has 1 atom stereocenters. The second kappa shape index (κ2) is 8.18. The molecule has 3 nitrogen and oxygen atoms in total. The van der Waals surface area contributed by atoms with Gasteiger partial charge in [-0.05, 0) is 43.4 Å². The van der Waals surface area contributed by atoms with Crippen LogP contribution in [-0.2, 0) is 0 Å². The lowest BCUT2D eigenvalue weighted by Crippen LogP contribution is -2.30. The lowest BCUT2D eigenvalue weighted by molar-refractivity contribution is 0.0942. The summed E-state index contributed by atoms with van der Waals surface area (Å²) in [6, 6.07) is 5.31. The normalized spacial score (nSPS) is 12.2. The highest BCUT2D eigenvalue weighted by Crippen LogP contribution is 2.16. The van der Waals surface area contributed by atoms with Gasteiger partial charge in [-0.15, -0.1) is 0 Å². The third-order valence-corrected chi connectivity index (χ3v) is 3.46. The molecule has 0 heterocycles. The van der Waals surface area contributed by atoms with E-state index in [4.69, 9.17) is 16.7 Å².